The number of nitrogens with zero attached hydrogens (tertiary/aromatic N) is 1. The minimum Gasteiger partial charge on any atom is -0.304 e. The molecule has 96 valence electrons. The molecular weight excluding hydrogens is 254 g/mol. The van der Waals surface area contributed by atoms with Crippen LogP contribution in [0.15, 0.2) is 23.6 Å². The first-order valence-corrected chi connectivity index (χ1v) is 6.53. The Balaban J connectivity index is 2.03. The lowest BCUT2D eigenvalue weighted by Crippen LogP contribution is -2.19. The Hall–Kier alpha value is -1.33. The van der Waals surface area contributed by atoms with Gasteiger partial charge in [0.2, 0.25) is 0 Å². The van der Waals surface area contributed by atoms with Crippen LogP contribution in [0.4, 0.5) is 8.78 Å². The summed E-state index contributed by atoms with van der Waals surface area (Å²) in [5.74, 6) is -0.822. The molecule has 0 aliphatic carbocycles. The fourth-order valence-electron chi connectivity index (χ4n) is 1.68. The van der Waals surface area contributed by atoms with E-state index in [2.05, 4.69) is 10.3 Å². The number of aromatic nitrogens is 1. The van der Waals surface area contributed by atoms with Crippen LogP contribution >= 0.6 is 11.3 Å². The number of halogens is 2. The van der Waals surface area contributed by atoms with Gasteiger partial charge in [-0.25, -0.2) is 13.8 Å². The Bertz CT molecular complexity index is 540. The lowest BCUT2D eigenvalue weighted by Gasteiger charge is -2.14. The zero-order valence-corrected chi connectivity index (χ0v) is 11.0. The quantitative estimate of drug-likeness (QED) is 0.916. The molecule has 1 N–H and O–H groups in total. The standard InChI is InChI=1S/C13H14F2N2S/c1-8-7-18-13(17-8)6-16-9(2)11-5-10(14)3-4-12(11)15/h3-5,7,9,16H,6H2,1-2H3. The van der Waals surface area contributed by atoms with Crippen molar-refractivity contribution in [3.05, 3.63) is 51.5 Å². The number of nitrogens with one attached hydrogen (secondary N) is 1. The van der Waals surface area contributed by atoms with Gasteiger partial charge in [0.1, 0.15) is 16.6 Å². The summed E-state index contributed by atoms with van der Waals surface area (Å²) in [6, 6.07) is 3.23. The average molecular weight is 268 g/mol. The summed E-state index contributed by atoms with van der Waals surface area (Å²) in [5.41, 5.74) is 1.31. The number of rotatable bonds is 4. The highest BCUT2D eigenvalue weighted by atomic mass is 32.1. The molecule has 0 fully saturated rings. The summed E-state index contributed by atoms with van der Waals surface area (Å²) in [5, 5.41) is 6.04. The van der Waals surface area contributed by atoms with E-state index >= 15 is 0 Å². The molecule has 1 unspecified atom stereocenters. The van der Waals surface area contributed by atoms with Gasteiger partial charge in [0.25, 0.3) is 0 Å². The largest absolute Gasteiger partial charge is 0.304 e. The van der Waals surface area contributed by atoms with Crippen molar-refractivity contribution in [1.82, 2.24) is 10.3 Å². The summed E-state index contributed by atoms with van der Waals surface area (Å²) in [6.07, 6.45) is 0. The zero-order valence-electron chi connectivity index (χ0n) is 10.2. The van der Waals surface area contributed by atoms with Gasteiger partial charge in [0, 0.05) is 29.2 Å². The van der Waals surface area contributed by atoms with Crippen LogP contribution in [0.1, 0.15) is 29.2 Å². The Morgan fingerprint density at radius 1 is 1.39 bits per heavy atom. The number of hydrogen-bond donors (Lipinski definition) is 1. The van der Waals surface area contributed by atoms with Crippen LogP contribution < -0.4 is 5.32 Å². The van der Waals surface area contributed by atoms with Crippen LogP contribution in [-0.2, 0) is 6.54 Å². The van der Waals surface area contributed by atoms with Crippen molar-refractivity contribution >= 4 is 11.3 Å². The molecule has 0 radical (unpaired) electrons. The van der Waals surface area contributed by atoms with E-state index in [0.717, 1.165) is 22.8 Å². The maximum atomic E-state index is 13.5. The van der Waals surface area contributed by atoms with Gasteiger partial charge in [-0.15, -0.1) is 11.3 Å². The first kappa shape index (κ1) is 13.1. The smallest absolute Gasteiger partial charge is 0.128 e. The van der Waals surface area contributed by atoms with E-state index in [1.165, 1.54) is 6.07 Å². The van der Waals surface area contributed by atoms with E-state index in [-0.39, 0.29) is 6.04 Å². The molecule has 0 saturated heterocycles. The summed E-state index contributed by atoms with van der Waals surface area (Å²) in [4.78, 5) is 4.30. The molecule has 2 aromatic rings. The first-order valence-electron chi connectivity index (χ1n) is 5.65. The van der Waals surface area contributed by atoms with E-state index in [9.17, 15) is 8.78 Å². The van der Waals surface area contributed by atoms with Crippen molar-refractivity contribution < 1.29 is 8.78 Å². The second kappa shape index (κ2) is 5.54. The van der Waals surface area contributed by atoms with Crippen LogP contribution in [0.5, 0.6) is 0 Å². The second-order valence-corrected chi connectivity index (χ2v) is 5.09. The van der Waals surface area contributed by atoms with Gasteiger partial charge in [0.15, 0.2) is 0 Å². The normalized spacial score (nSPS) is 12.7. The highest BCUT2D eigenvalue weighted by Crippen LogP contribution is 2.19. The van der Waals surface area contributed by atoms with Crippen molar-refractivity contribution in [3.63, 3.8) is 0 Å². The Morgan fingerprint density at radius 2 is 2.17 bits per heavy atom. The van der Waals surface area contributed by atoms with Gasteiger partial charge in [0.05, 0.1) is 0 Å². The van der Waals surface area contributed by atoms with Crippen molar-refractivity contribution in [2.24, 2.45) is 0 Å². The molecule has 2 rings (SSSR count). The topological polar surface area (TPSA) is 24.9 Å². The van der Waals surface area contributed by atoms with Gasteiger partial charge in [-0.1, -0.05) is 0 Å². The molecule has 1 aromatic heterocycles. The maximum Gasteiger partial charge on any atom is 0.128 e. The molecule has 2 nitrogen and oxygen atoms in total. The number of thiazole rings is 1. The fourth-order valence-corrected chi connectivity index (χ4v) is 2.40. The van der Waals surface area contributed by atoms with E-state index in [0.29, 0.717) is 12.1 Å². The van der Waals surface area contributed by atoms with Crippen molar-refractivity contribution in [2.75, 3.05) is 0 Å². The lowest BCUT2D eigenvalue weighted by atomic mass is 10.1. The summed E-state index contributed by atoms with van der Waals surface area (Å²) >= 11 is 1.55. The monoisotopic (exact) mass is 268 g/mol. The number of hydrogen-bond acceptors (Lipinski definition) is 3. The van der Waals surface area contributed by atoms with E-state index < -0.39 is 11.6 Å². The lowest BCUT2D eigenvalue weighted by molar-refractivity contribution is 0.518. The van der Waals surface area contributed by atoms with Crippen molar-refractivity contribution in [1.29, 1.82) is 0 Å². The summed E-state index contributed by atoms with van der Waals surface area (Å²) < 4.78 is 26.6. The van der Waals surface area contributed by atoms with Crippen molar-refractivity contribution in [3.8, 4) is 0 Å². The third-order valence-corrected chi connectivity index (χ3v) is 3.62. The summed E-state index contributed by atoms with van der Waals surface area (Å²) in [6.45, 7) is 4.28. The van der Waals surface area contributed by atoms with E-state index in [1.807, 2.05) is 12.3 Å². The average Bonchev–Trinajstić information content (AvgIpc) is 2.75. The van der Waals surface area contributed by atoms with E-state index in [1.54, 1.807) is 18.3 Å². The minimum absolute atomic E-state index is 0.259. The Morgan fingerprint density at radius 3 is 2.83 bits per heavy atom. The third kappa shape index (κ3) is 3.11. The minimum atomic E-state index is -0.426. The van der Waals surface area contributed by atoms with Gasteiger partial charge in [-0.05, 0) is 32.0 Å². The van der Waals surface area contributed by atoms with E-state index in [4.69, 9.17) is 0 Å². The molecule has 0 amide bonds. The Kier molecular flexibility index (Phi) is 4.04. The molecule has 0 saturated carbocycles. The van der Waals surface area contributed by atoms with Gasteiger partial charge in [-0.2, -0.15) is 0 Å². The third-order valence-electron chi connectivity index (χ3n) is 2.65. The molecule has 0 aliphatic rings. The van der Waals surface area contributed by atoms with Gasteiger partial charge < -0.3 is 5.32 Å². The molecule has 1 aromatic carbocycles. The molecule has 18 heavy (non-hydrogen) atoms. The predicted octanol–water partition coefficient (Wildman–Crippen LogP) is 3.58. The van der Waals surface area contributed by atoms with Crippen molar-refractivity contribution in [2.45, 2.75) is 26.4 Å². The first-order chi connectivity index (χ1) is 8.56. The highest BCUT2D eigenvalue weighted by molar-refractivity contribution is 7.09. The van der Waals surface area contributed by atoms with Crippen LogP contribution in [-0.4, -0.2) is 4.98 Å². The van der Waals surface area contributed by atoms with Crippen LogP contribution in [0.3, 0.4) is 0 Å². The maximum absolute atomic E-state index is 13.5. The molecule has 0 aliphatic heterocycles. The SMILES string of the molecule is Cc1csc(CNC(C)c2cc(F)ccc2F)n1. The molecule has 1 atom stereocenters. The fraction of sp³-hybridized carbons (Fsp3) is 0.308. The second-order valence-electron chi connectivity index (χ2n) is 4.15. The van der Waals surface area contributed by atoms with Gasteiger partial charge in [-0.3, -0.25) is 0 Å². The molecular formula is C13H14F2N2S. The molecule has 1 heterocycles. The summed E-state index contributed by atoms with van der Waals surface area (Å²) in [7, 11) is 0. The molecule has 5 heteroatoms. The van der Waals surface area contributed by atoms with Crippen LogP contribution in [0, 0.1) is 18.6 Å². The van der Waals surface area contributed by atoms with Gasteiger partial charge >= 0.3 is 0 Å². The number of benzene rings is 1. The van der Waals surface area contributed by atoms with Crippen LogP contribution in [0.2, 0.25) is 0 Å². The number of aryl methyl sites for hydroxylation is 1. The Labute approximate surface area is 109 Å². The van der Waals surface area contributed by atoms with Crippen LogP contribution in [0.25, 0.3) is 0 Å². The molecule has 0 spiro atoms. The zero-order chi connectivity index (χ0) is 13.1. The predicted molar refractivity (Wildman–Crippen MR) is 68.5 cm³/mol. The highest BCUT2D eigenvalue weighted by Gasteiger charge is 2.12. The molecule has 0 bridgehead atoms.